The molecule has 26 heavy (non-hydrogen) atoms. The summed E-state index contributed by atoms with van der Waals surface area (Å²) < 4.78 is 18.6. The average Bonchev–Trinajstić information content (AvgIpc) is 2.57. The van der Waals surface area contributed by atoms with Gasteiger partial charge in [-0.3, -0.25) is 9.59 Å². The van der Waals surface area contributed by atoms with Crippen LogP contribution >= 0.6 is 0 Å². The first-order valence-electron chi connectivity index (χ1n) is 8.12. The molecule has 0 atom stereocenters. The van der Waals surface area contributed by atoms with Crippen LogP contribution in [0.25, 0.3) is 0 Å². The van der Waals surface area contributed by atoms with Gasteiger partial charge in [0.25, 0.3) is 5.91 Å². The van der Waals surface area contributed by atoms with Crippen LogP contribution in [0, 0.1) is 5.82 Å². The number of benzene rings is 2. The number of amides is 1. The number of hydrogen-bond donors (Lipinski definition) is 2. The van der Waals surface area contributed by atoms with Gasteiger partial charge in [-0.2, -0.15) is 0 Å². The van der Waals surface area contributed by atoms with Crippen molar-refractivity contribution < 1.29 is 23.8 Å². The van der Waals surface area contributed by atoms with Crippen molar-refractivity contribution in [3.05, 3.63) is 59.9 Å². The van der Waals surface area contributed by atoms with E-state index in [9.17, 15) is 19.1 Å². The van der Waals surface area contributed by atoms with Crippen LogP contribution in [-0.4, -0.2) is 22.6 Å². The number of hydrogen-bond acceptors (Lipinski definition) is 3. The lowest BCUT2D eigenvalue weighted by atomic mass is 9.85. The van der Waals surface area contributed by atoms with E-state index >= 15 is 0 Å². The van der Waals surface area contributed by atoms with Gasteiger partial charge in [-0.05, 0) is 69.7 Å². The fraction of sp³-hybridized carbons (Fsp3) is 0.300. The largest absolute Gasteiger partial charge is 0.481 e. The predicted molar refractivity (Wildman–Crippen MR) is 96.8 cm³/mol. The minimum Gasteiger partial charge on any atom is -0.481 e. The van der Waals surface area contributed by atoms with E-state index in [-0.39, 0.29) is 11.7 Å². The summed E-state index contributed by atoms with van der Waals surface area (Å²) in [6.07, 6.45) is 0. The Hall–Kier alpha value is -2.89. The van der Waals surface area contributed by atoms with Crippen LogP contribution < -0.4 is 10.1 Å². The predicted octanol–water partition coefficient (Wildman–Crippen LogP) is 3.98. The lowest BCUT2D eigenvalue weighted by molar-refractivity contribution is -0.142. The molecule has 5 nitrogen and oxygen atoms in total. The number of anilines is 1. The molecule has 0 aromatic heterocycles. The van der Waals surface area contributed by atoms with Crippen LogP contribution in [0.1, 0.15) is 33.3 Å². The number of aliphatic carboxylic acids is 1. The number of ether oxygens (including phenoxy) is 1. The summed E-state index contributed by atoms with van der Waals surface area (Å²) in [5, 5.41) is 12.0. The molecule has 0 aliphatic rings. The highest BCUT2D eigenvalue weighted by Gasteiger charge is 2.31. The Bertz CT molecular complexity index is 796. The molecule has 0 saturated heterocycles. The maximum absolute atomic E-state index is 13.0. The fourth-order valence-electron chi connectivity index (χ4n) is 2.22. The monoisotopic (exact) mass is 359 g/mol. The summed E-state index contributed by atoms with van der Waals surface area (Å²) in [6.45, 7) is 6.44. The molecule has 2 N–H and O–H groups in total. The molecule has 2 aromatic rings. The van der Waals surface area contributed by atoms with E-state index in [1.807, 2.05) is 0 Å². The Morgan fingerprint density at radius 1 is 0.962 bits per heavy atom. The minimum atomic E-state index is -1.18. The summed E-state index contributed by atoms with van der Waals surface area (Å²) in [5.74, 6) is -1.32. The maximum atomic E-state index is 13.0. The molecule has 0 aliphatic carbocycles. The highest BCUT2D eigenvalue weighted by molar-refractivity contribution is 5.97. The zero-order valence-corrected chi connectivity index (χ0v) is 15.2. The molecule has 2 aromatic carbocycles. The van der Waals surface area contributed by atoms with Crippen molar-refractivity contribution in [2.24, 2.45) is 0 Å². The third-order valence-electron chi connectivity index (χ3n) is 4.13. The highest BCUT2D eigenvalue weighted by atomic mass is 19.1. The van der Waals surface area contributed by atoms with Gasteiger partial charge in [0.15, 0.2) is 5.60 Å². The Balaban J connectivity index is 2.08. The van der Waals surface area contributed by atoms with Gasteiger partial charge in [-0.15, -0.1) is 0 Å². The molecule has 0 spiro atoms. The van der Waals surface area contributed by atoms with E-state index in [1.165, 1.54) is 24.3 Å². The van der Waals surface area contributed by atoms with Crippen molar-refractivity contribution >= 4 is 17.6 Å². The first kappa shape index (κ1) is 19.4. The van der Waals surface area contributed by atoms with Crippen molar-refractivity contribution in [1.29, 1.82) is 0 Å². The van der Waals surface area contributed by atoms with Crippen LogP contribution in [-0.2, 0) is 15.0 Å². The topological polar surface area (TPSA) is 75.6 Å². The molecule has 2 rings (SSSR count). The van der Waals surface area contributed by atoms with Crippen molar-refractivity contribution in [2.45, 2.75) is 38.7 Å². The zero-order valence-electron chi connectivity index (χ0n) is 15.2. The Morgan fingerprint density at radius 3 is 2.00 bits per heavy atom. The number of carbonyl (C=O) groups excluding carboxylic acids is 1. The lowest BCUT2D eigenvalue weighted by Crippen LogP contribution is -2.42. The molecule has 6 heteroatoms. The van der Waals surface area contributed by atoms with Crippen LogP contribution in [0.4, 0.5) is 10.1 Å². The highest BCUT2D eigenvalue weighted by Crippen LogP contribution is 2.25. The van der Waals surface area contributed by atoms with Crippen LogP contribution in [0.15, 0.2) is 48.5 Å². The summed E-state index contributed by atoms with van der Waals surface area (Å²) in [6, 6.07) is 12.0. The van der Waals surface area contributed by atoms with Crippen molar-refractivity contribution in [2.75, 3.05) is 5.32 Å². The second-order valence-electron chi connectivity index (χ2n) is 7.03. The van der Waals surface area contributed by atoms with E-state index in [0.717, 1.165) is 0 Å². The maximum Gasteiger partial charge on any atom is 0.313 e. The fourth-order valence-corrected chi connectivity index (χ4v) is 2.22. The summed E-state index contributed by atoms with van der Waals surface area (Å²) in [7, 11) is 0. The van der Waals surface area contributed by atoms with Crippen LogP contribution in [0.3, 0.4) is 0 Å². The molecular weight excluding hydrogens is 337 g/mol. The molecule has 0 radical (unpaired) electrons. The Morgan fingerprint density at radius 2 is 1.50 bits per heavy atom. The second-order valence-corrected chi connectivity index (χ2v) is 7.03. The van der Waals surface area contributed by atoms with Gasteiger partial charge < -0.3 is 15.2 Å². The van der Waals surface area contributed by atoms with Gasteiger partial charge in [0.1, 0.15) is 11.6 Å². The zero-order chi connectivity index (χ0) is 19.5. The smallest absolute Gasteiger partial charge is 0.313 e. The van der Waals surface area contributed by atoms with Crippen molar-refractivity contribution in [3.63, 3.8) is 0 Å². The van der Waals surface area contributed by atoms with E-state index in [0.29, 0.717) is 17.0 Å². The van der Waals surface area contributed by atoms with E-state index in [1.54, 1.807) is 52.0 Å². The van der Waals surface area contributed by atoms with Gasteiger partial charge in [-0.1, -0.05) is 12.1 Å². The minimum absolute atomic E-state index is 0.380. The third-order valence-corrected chi connectivity index (χ3v) is 4.13. The number of rotatable bonds is 6. The number of carboxylic acids is 1. The average molecular weight is 359 g/mol. The van der Waals surface area contributed by atoms with Crippen LogP contribution in [0.5, 0.6) is 5.75 Å². The van der Waals surface area contributed by atoms with E-state index < -0.39 is 17.0 Å². The standard InChI is InChI=1S/C20H22FNO4/c1-19(2,18(24)25)13-5-9-15(10-6-13)22-17(23)20(3,4)26-16-11-7-14(21)8-12-16/h5-12H,1-4H3,(H,22,23)(H,24,25). The number of carbonyl (C=O) groups is 2. The van der Waals surface area contributed by atoms with Gasteiger partial charge >= 0.3 is 5.97 Å². The van der Waals surface area contributed by atoms with Gasteiger partial charge in [0, 0.05) is 5.69 Å². The second kappa shape index (κ2) is 7.15. The number of halogens is 1. The van der Waals surface area contributed by atoms with Gasteiger partial charge in [0.05, 0.1) is 5.41 Å². The summed E-state index contributed by atoms with van der Waals surface area (Å²) >= 11 is 0. The Labute approximate surface area is 151 Å². The molecule has 0 bridgehead atoms. The molecule has 0 unspecified atom stereocenters. The first-order valence-corrected chi connectivity index (χ1v) is 8.12. The number of nitrogens with one attached hydrogen (secondary N) is 1. The molecule has 0 aliphatic heterocycles. The number of carboxylic acid groups (broad SMARTS) is 1. The third kappa shape index (κ3) is 4.39. The molecule has 0 saturated carbocycles. The molecule has 0 heterocycles. The SMILES string of the molecule is CC(C)(Oc1ccc(F)cc1)C(=O)Nc1ccc(C(C)(C)C(=O)O)cc1. The molecule has 0 fully saturated rings. The quantitative estimate of drug-likeness (QED) is 0.818. The molecule has 1 amide bonds. The lowest BCUT2D eigenvalue weighted by Gasteiger charge is -2.25. The Kier molecular flexibility index (Phi) is 5.35. The van der Waals surface area contributed by atoms with Gasteiger partial charge in [0.2, 0.25) is 0 Å². The van der Waals surface area contributed by atoms with E-state index in [2.05, 4.69) is 5.32 Å². The molecule has 138 valence electrons. The van der Waals surface area contributed by atoms with Crippen molar-refractivity contribution in [3.8, 4) is 5.75 Å². The van der Waals surface area contributed by atoms with E-state index in [4.69, 9.17) is 4.74 Å². The van der Waals surface area contributed by atoms with Crippen LogP contribution in [0.2, 0.25) is 0 Å². The van der Waals surface area contributed by atoms with Gasteiger partial charge in [-0.25, -0.2) is 4.39 Å². The molecular formula is C20H22FNO4. The summed E-state index contributed by atoms with van der Waals surface area (Å²) in [4.78, 5) is 23.8. The summed E-state index contributed by atoms with van der Waals surface area (Å²) in [5.41, 5.74) is -1.05. The normalized spacial score (nSPS) is 11.7. The van der Waals surface area contributed by atoms with Crippen molar-refractivity contribution in [1.82, 2.24) is 0 Å². The first-order chi connectivity index (χ1) is 12.0.